The van der Waals surface area contributed by atoms with Gasteiger partial charge in [0.1, 0.15) is 0 Å². The second-order valence-electron chi connectivity index (χ2n) is 4.29. The molecule has 0 aliphatic carbocycles. The highest BCUT2D eigenvalue weighted by Gasteiger charge is 2.27. The fourth-order valence-electron chi connectivity index (χ4n) is 1.77. The maximum absolute atomic E-state index is 11.5. The quantitative estimate of drug-likeness (QED) is 0.717. The highest BCUT2D eigenvalue weighted by molar-refractivity contribution is 6.27. The number of nitrogens with zero attached hydrogens (tertiary/aromatic N) is 1. The third-order valence-electron chi connectivity index (χ3n) is 2.68. The minimum Gasteiger partial charge on any atom is -0.447 e. The molecule has 1 heterocycles. The molecule has 1 fully saturated rings. The lowest BCUT2D eigenvalue weighted by Gasteiger charge is -2.30. The number of hydrogen-bond acceptors (Lipinski definition) is 3. The number of likely N-dealkylation sites (tertiary alicyclic amines) is 1. The molecule has 1 aliphatic rings. The third-order valence-corrected chi connectivity index (χ3v) is 2.94. The largest absolute Gasteiger partial charge is 0.447 e. The van der Waals surface area contributed by atoms with Crippen molar-refractivity contribution < 1.29 is 14.3 Å². The van der Waals surface area contributed by atoms with E-state index in [4.69, 9.17) is 16.3 Å². The minimum absolute atomic E-state index is 0.0144. The molecule has 0 unspecified atom stereocenters. The second-order valence-corrected chi connectivity index (χ2v) is 4.56. The molecule has 92 valence electrons. The van der Waals surface area contributed by atoms with Gasteiger partial charge in [-0.1, -0.05) is 0 Å². The van der Waals surface area contributed by atoms with Gasteiger partial charge in [0.15, 0.2) is 5.78 Å². The number of rotatable bonds is 3. The summed E-state index contributed by atoms with van der Waals surface area (Å²) < 4.78 is 5.09. The summed E-state index contributed by atoms with van der Waals surface area (Å²) >= 11 is 5.50. The number of ketones is 1. The van der Waals surface area contributed by atoms with E-state index in [9.17, 15) is 9.59 Å². The minimum atomic E-state index is -0.285. The fourth-order valence-corrected chi connectivity index (χ4v) is 1.99. The molecule has 0 spiro atoms. The van der Waals surface area contributed by atoms with Crippen LogP contribution in [0.2, 0.25) is 0 Å². The molecule has 0 radical (unpaired) electrons. The number of halogens is 1. The molecule has 0 aromatic heterocycles. The molecule has 0 atom stereocenters. The molecule has 0 aromatic rings. The van der Waals surface area contributed by atoms with Gasteiger partial charge >= 0.3 is 6.09 Å². The Hall–Kier alpha value is -0.770. The van der Waals surface area contributed by atoms with Crippen LogP contribution in [0.1, 0.15) is 26.7 Å². The van der Waals surface area contributed by atoms with E-state index >= 15 is 0 Å². The normalized spacial score (nSPS) is 17.6. The monoisotopic (exact) mass is 247 g/mol. The molecule has 0 N–H and O–H groups in total. The molecule has 1 saturated heterocycles. The van der Waals surface area contributed by atoms with Crippen LogP contribution in [0.5, 0.6) is 0 Å². The molecule has 0 bridgehead atoms. The Kier molecular flexibility index (Phi) is 5.06. The Morgan fingerprint density at radius 2 is 1.94 bits per heavy atom. The summed E-state index contributed by atoms with van der Waals surface area (Å²) in [4.78, 5) is 24.6. The predicted molar refractivity (Wildman–Crippen MR) is 61.6 cm³/mol. The van der Waals surface area contributed by atoms with Crippen molar-refractivity contribution in [2.45, 2.75) is 32.8 Å². The van der Waals surface area contributed by atoms with Gasteiger partial charge in [0.2, 0.25) is 0 Å². The van der Waals surface area contributed by atoms with Crippen molar-refractivity contribution in [2.75, 3.05) is 19.0 Å². The van der Waals surface area contributed by atoms with Crippen LogP contribution >= 0.6 is 11.6 Å². The maximum Gasteiger partial charge on any atom is 0.410 e. The molecule has 5 heteroatoms. The smallest absolute Gasteiger partial charge is 0.410 e. The molecule has 1 amide bonds. The zero-order valence-electron chi connectivity index (χ0n) is 9.74. The van der Waals surface area contributed by atoms with Gasteiger partial charge in [-0.2, -0.15) is 0 Å². The van der Waals surface area contributed by atoms with Gasteiger partial charge in [0.25, 0.3) is 0 Å². The van der Waals surface area contributed by atoms with Crippen LogP contribution in [0.4, 0.5) is 4.79 Å². The van der Waals surface area contributed by atoms with E-state index in [0.29, 0.717) is 25.9 Å². The van der Waals surface area contributed by atoms with Crippen molar-refractivity contribution in [1.82, 2.24) is 4.90 Å². The van der Waals surface area contributed by atoms with E-state index in [1.807, 2.05) is 13.8 Å². The van der Waals surface area contributed by atoms with Crippen LogP contribution in [-0.2, 0) is 9.53 Å². The maximum atomic E-state index is 11.5. The molecule has 4 nitrogen and oxygen atoms in total. The third kappa shape index (κ3) is 3.67. The number of carbonyl (C=O) groups excluding carboxylic acids is 2. The van der Waals surface area contributed by atoms with Crippen molar-refractivity contribution in [3.63, 3.8) is 0 Å². The van der Waals surface area contributed by atoms with Gasteiger partial charge < -0.3 is 9.64 Å². The summed E-state index contributed by atoms with van der Waals surface area (Å²) in [5, 5.41) is 0. The van der Waals surface area contributed by atoms with Gasteiger partial charge in [-0.3, -0.25) is 4.79 Å². The predicted octanol–water partition coefficient (Wildman–Crippen LogP) is 2.05. The first kappa shape index (κ1) is 13.3. The number of alkyl halides is 1. The lowest BCUT2D eigenvalue weighted by molar-refractivity contribution is -0.121. The average molecular weight is 248 g/mol. The lowest BCUT2D eigenvalue weighted by Crippen LogP contribution is -2.41. The molecular weight excluding hydrogens is 230 g/mol. The van der Waals surface area contributed by atoms with E-state index in [2.05, 4.69) is 0 Å². The van der Waals surface area contributed by atoms with E-state index < -0.39 is 0 Å². The zero-order valence-corrected chi connectivity index (χ0v) is 10.5. The Bertz CT molecular complexity index is 260. The summed E-state index contributed by atoms with van der Waals surface area (Å²) in [6.45, 7) is 4.81. The Labute approximate surface area is 101 Å². The highest BCUT2D eigenvalue weighted by atomic mass is 35.5. The van der Waals surface area contributed by atoms with Crippen molar-refractivity contribution in [3.8, 4) is 0 Å². The Morgan fingerprint density at radius 1 is 1.38 bits per heavy atom. The summed E-state index contributed by atoms with van der Waals surface area (Å²) in [5.74, 6) is 0.167. The van der Waals surface area contributed by atoms with Gasteiger partial charge in [-0.15, -0.1) is 11.6 Å². The van der Waals surface area contributed by atoms with Crippen LogP contribution in [0.15, 0.2) is 0 Å². The van der Waals surface area contributed by atoms with Gasteiger partial charge in [0, 0.05) is 19.0 Å². The second kappa shape index (κ2) is 6.09. The molecule has 1 rings (SSSR count). The number of piperidine rings is 1. The Balaban J connectivity index is 2.37. The first-order valence-corrected chi connectivity index (χ1v) is 6.12. The first-order chi connectivity index (χ1) is 7.54. The summed E-state index contributed by atoms with van der Waals surface area (Å²) in [6, 6.07) is 0. The van der Waals surface area contributed by atoms with Crippen LogP contribution in [0.25, 0.3) is 0 Å². The molecular formula is C11H18ClNO3. The molecule has 1 aliphatic heterocycles. The van der Waals surface area contributed by atoms with E-state index in [-0.39, 0.29) is 29.8 Å². The number of hydrogen-bond donors (Lipinski definition) is 0. The van der Waals surface area contributed by atoms with Gasteiger partial charge in [-0.05, 0) is 26.7 Å². The highest BCUT2D eigenvalue weighted by Crippen LogP contribution is 2.19. The van der Waals surface area contributed by atoms with E-state index in [1.54, 1.807) is 4.90 Å². The van der Waals surface area contributed by atoms with Crippen molar-refractivity contribution in [1.29, 1.82) is 0 Å². The van der Waals surface area contributed by atoms with Crippen LogP contribution in [-0.4, -0.2) is 41.8 Å². The SMILES string of the molecule is CC(C)OC(=O)N1CCC(C(=O)CCl)CC1. The number of Topliss-reactive ketones (excluding diaryl/α,β-unsaturated/α-hetero) is 1. The topological polar surface area (TPSA) is 46.6 Å². The van der Waals surface area contributed by atoms with Crippen LogP contribution < -0.4 is 0 Å². The summed E-state index contributed by atoms with van der Waals surface area (Å²) in [5.41, 5.74) is 0. The fraction of sp³-hybridized carbons (Fsp3) is 0.818. The van der Waals surface area contributed by atoms with Crippen molar-refractivity contribution >= 4 is 23.5 Å². The van der Waals surface area contributed by atoms with Gasteiger partial charge in [-0.25, -0.2) is 4.79 Å². The van der Waals surface area contributed by atoms with Crippen LogP contribution in [0.3, 0.4) is 0 Å². The first-order valence-electron chi connectivity index (χ1n) is 5.58. The average Bonchev–Trinajstić information content (AvgIpc) is 2.27. The molecule has 0 aromatic carbocycles. The summed E-state index contributed by atoms with van der Waals surface area (Å²) in [6.07, 6.45) is 0.999. The molecule has 0 saturated carbocycles. The summed E-state index contributed by atoms with van der Waals surface area (Å²) in [7, 11) is 0. The van der Waals surface area contributed by atoms with Crippen LogP contribution in [0, 0.1) is 5.92 Å². The lowest BCUT2D eigenvalue weighted by atomic mass is 9.93. The zero-order chi connectivity index (χ0) is 12.1. The van der Waals surface area contributed by atoms with Gasteiger partial charge in [0.05, 0.1) is 12.0 Å². The Morgan fingerprint density at radius 3 is 2.38 bits per heavy atom. The number of ether oxygens (including phenoxy) is 1. The number of amides is 1. The number of carbonyl (C=O) groups is 2. The van der Waals surface area contributed by atoms with Crippen molar-refractivity contribution in [3.05, 3.63) is 0 Å². The van der Waals surface area contributed by atoms with E-state index in [0.717, 1.165) is 0 Å². The standard InChI is InChI=1S/C11H18ClNO3/c1-8(2)16-11(15)13-5-3-9(4-6-13)10(14)7-12/h8-9H,3-7H2,1-2H3. The van der Waals surface area contributed by atoms with E-state index in [1.165, 1.54) is 0 Å². The molecule has 16 heavy (non-hydrogen) atoms. The van der Waals surface area contributed by atoms with Crippen molar-refractivity contribution in [2.24, 2.45) is 5.92 Å².